The molecule has 0 atom stereocenters. The number of carbonyl (C=O) groups is 1. The molecule has 2 aromatic heterocycles. The first-order chi connectivity index (χ1) is 13.2. The van der Waals surface area contributed by atoms with E-state index in [-0.39, 0.29) is 12.4 Å². The van der Waals surface area contributed by atoms with E-state index >= 15 is 0 Å². The van der Waals surface area contributed by atoms with E-state index in [1.165, 1.54) is 12.7 Å². The molecule has 0 bridgehead atoms. The molecule has 0 saturated heterocycles. The predicted molar refractivity (Wildman–Crippen MR) is 101 cm³/mol. The largest absolute Gasteiger partial charge is 0.451 e. The van der Waals surface area contributed by atoms with Crippen LogP contribution in [0.15, 0.2) is 59.5 Å². The van der Waals surface area contributed by atoms with Gasteiger partial charge < -0.3 is 14.5 Å². The molecule has 0 saturated carbocycles. The van der Waals surface area contributed by atoms with Crippen molar-refractivity contribution in [3.8, 4) is 5.69 Å². The second-order valence-corrected chi connectivity index (χ2v) is 6.23. The molecule has 0 spiro atoms. The van der Waals surface area contributed by atoms with Crippen LogP contribution in [0.4, 0.5) is 5.69 Å². The fraction of sp³-hybridized carbons (Fsp3) is 0.105. The van der Waals surface area contributed by atoms with Gasteiger partial charge in [-0.25, -0.2) is 9.67 Å². The van der Waals surface area contributed by atoms with Gasteiger partial charge in [0.1, 0.15) is 18.2 Å². The summed E-state index contributed by atoms with van der Waals surface area (Å²) >= 11 is 6.11. The molecule has 0 radical (unpaired) electrons. The Hall–Kier alpha value is -3.16. The fourth-order valence-corrected chi connectivity index (χ4v) is 3.06. The molecule has 1 amide bonds. The first-order valence-corrected chi connectivity index (χ1v) is 8.50. The number of furan rings is 1. The average Bonchev–Trinajstić information content (AvgIpc) is 3.31. The third-order valence-corrected chi connectivity index (χ3v) is 4.30. The van der Waals surface area contributed by atoms with Gasteiger partial charge in [-0.05, 0) is 24.3 Å². The Morgan fingerprint density at radius 1 is 1.30 bits per heavy atom. The zero-order chi connectivity index (χ0) is 18.8. The van der Waals surface area contributed by atoms with Gasteiger partial charge in [-0.15, -0.1) is 0 Å². The van der Waals surface area contributed by atoms with E-state index in [9.17, 15) is 4.79 Å². The van der Waals surface area contributed by atoms with E-state index in [2.05, 4.69) is 15.4 Å². The number of hydrogen-bond acceptors (Lipinski definition) is 5. The lowest BCUT2D eigenvalue weighted by Gasteiger charge is -2.11. The molecule has 2 aromatic carbocycles. The highest BCUT2D eigenvalue weighted by molar-refractivity contribution is 6.31. The molecule has 136 valence electrons. The quantitative estimate of drug-likeness (QED) is 0.562. The normalized spacial score (nSPS) is 11.0. The zero-order valence-electron chi connectivity index (χ0n) is 14.3. The number of nitrogens with one attached hydrogen (secondary N) is 1. The number of methoxy groups -OCH3 is 1. The Labute approximate surface area is 159 Å². The second kappa shape index (κ2) is 7.22. The van der Waals surface area contributed by atoms with Crippen molar-refractivity contribution in [2.75, 3.05) is 12.4 Å². The van der Waals surface area contributed by atoms with E-state index in [0.29, 0.717) is 27.5 Å². The molecule has 2 heterocycles. The van der Waals surface area contributed by atoms with Crippen LogP contribution >= 0.6 is 11.6 Å². The molecular formula is C19H15ClN4O3. The number of amides is 1. The van der Waals surface area contributed by atoms with E-state index < -0.39 is 5.91 Å². The minimum absolute atomic E-state index is 0.197. The third-order valence-electron chi connectivity index (χ3n) is 4.07. The molecule has 0 fully saturated rings. The average molecular weight is 383 g/mol. The number of rotatable bonds is 5. The Morgan fingerprint density at radius 2 is 2.15 bits per heavy atom. The second-order valence-electron chi connectivity index (χ2n) is 5.79. The van der Waals surface area contributed by atoms with Crippen molar-refractivity contribution in [3.05, 3.63) is 71.5 Å². The van der Waals surface area contributed by atoms with Gasteiger partial charge in [0.25, 0.3) is 5.91 Å². The summed E-state index contributed by atoms with van der Waals surface area (Å²) in [6.45, 7) is 0.255. The molecule has 4 aromatic rings. The van der Waals surface area contributed by atoms with Crippen molar-refractivity contribution in [1.29, 1.82) is 0 Å². The summed E-state index contributed by atoms with van der Waals surface area (Å²) in [4.78, 5) is 16.9. The van der Waals surface area contributed by atoms with Crippen LogP contribution in [-0.2, 0) is 11.3 Å². The molecule has 4 rings (SSSR count). The lowest BCUT2D eigenvalue weighted by Crippen LogP contribution is -2.15. The van der Waals surface area contributed by atoms with Crippen molar-refractivity contribution in [2.24, 2.45) is 0 Å². The fourth-order valence-electron chi connectivity index (χ4n) is 2.89. The van der Waals surface area contributed by atoms with E-state index in [0.717, 1.165) is 5.39 Å². The number of aromatic nitrogens is 3. The molecule has 7 nitrogen and oxygen atoms in total. The number of ether oxygens (including phenoxy) is 1. The van der Waals surface area contributed by atoms with E-state index in [4.69, 9.17) is 20.8 Å². The number of halogens is 1. The van der Waals surface area contributed by atoms with Gasteiger partial charge in [-0.1, -0.05) is 29.8 Å². The number of anilines is 1. The molecule has 8 heteroatoms. The van der Waals surface area contributed by atoms with Crippen molar-refractivity contribution in [3.63, 3.8) is 0 Å². The third kappa shape index (κ3) is 3.30. The first-order valence-electron chi connectivity index (χ1n) is 8.12. The summed E-state index contributed by atoms with van der Waals surface area (Å²) in [5.74, 6) is -0.204. The topological polar surface area (TPSA) is 82.2 Å². The van der Waals surface area contributed by atoms with E-state index in [1.54, 1.807) is 30.0 Å². The van der Waals surface area contributed by atoms with Crippen LogP contribution in [0.25, 0.3) is 16.7 Å². The van der Waals surface area contributed by atoms with Crippen LogP contribution < -0.4 is 5.32 Å². The molecule has 0 unspecified atom stereocenters. The Morgan fingerprint density at radius 3 is 2.93 bits per heavy atom. The van der Waals surface area contributed by atoms with Gasteiger partial charge in [-0.2, -0.15) is 5.10 Å². The van der Waals surface area contributed by atoms with Crippen LogP contribution in [0, 0.1) is 0 Å². The molecular weight excluding hydrogens is 368 g/mol. The Balaban J connectivity index is 1.74. The summed E-state index contributed by atoms with van der Waals surface area (Å²) in [6, 6.07) is 12.6. The lowest BCUT2D eigenvalue weighted by atomic mass is 10.1. The van der Waals surface area contributed by atoms with Crippen LogP contribution in [0.5, 0.6) is 0 Å². The maximum atomic E-state index is 13.0. The number of para-hydroxylation sites is 1. The first kappa shape index (κ1) is 17.3. The van der Waals surface area contributed by atoms with Crippen molar-refractivity contribution in [1.82, 2.24) is 14.8 Å². The number of fused-ring (bicyclic) bond motifs is 1. The van der Waals surface area contributed by atoms with Crippen LogP contribution in [0.1, 0.15) is 16.1 Å². The highest BCUT2D eigenvalue weighted by Gasteiger charge is 2.21. The minimum Gasteiger partial charge on any atom is -0.451 e. The molecule has 0 aliphatic rings. The maximum Gasteiger partial charge on any atom is 0.291 e. The number of hydrogen-bond donors (Lipinski definition) is 1. The highest BCUT2D eigenvalue weighted by Crippen LogP contribution is 2.29. The summed E-state index contributed by atoms with van der Waals surface area (Å²) in [5, 5.41) is 8.28. The smallest absolute Gasteiger partial charge is 0.291 e. The molecule has 0 aliphatic carbocycles. The number of nitrogens with zero attached hydrogens (tertiary/aromatic N) is 3. The SMILES string of the molecule is COCc1c(C(=O)Nc2cc(Cl)ccc2-n2cncn2)oc2ccccc12. The Kier molecular flexibility index (Phi) is 4.62. The number of benzene rings is 2. The van der Waals surface area contributed by atoms with Gasteiger partial charge in [-0.3, -0.25) is 4.79 Å². The maximum absolute atomic E-state index is 13.0. The van der Waals surface area contributed by atoms with Gasteiger partial charge in [0.15, 0.2) is 5.76 Å². The summed E-state index contributed by atoms with van der Waals surface area (Å²) in [6.07, 6.45) is 2.95. The highest BCUT2D eigenvalue weighted by atomic mass is 35.5. The lowest BCUT2D eigenvalue weighted by molar-refractivity contribution is 0.0992. The summed E-state index contributed by atoms with van der Waals surface area (Å²) in [5.41, 5.74) is 2.43. The molecule has 0 aliphatic heterocycles. The van der Waals surface area contributed by atoms with Crippen LogP contribution in [0.3, 0.4) is 0 Å². The van der Waals surface area contributed by atoms with Gasteiger partial charge in [0.05, 0.1) is 18.0 Å². The summed E-state index contributed by atoms with van der Waals surface area (Å²) < 4.78 is 12.6. The van der Waals surface area contributed by atoms with Gasteiger partial charge >= 0.3 is 0 Å². The predicted octanol–water partition coefficient (Wildman–Crippen LogP) is 4.07. The molecule has 1 N–H and O–H groups in total. The van der Waals surface area contributed by atoms with E-state index in [1.807, 2.05) is 24.3 Å². The monoisotopic (exact) mass is 382 g/mol. The zero-order valence-corrected chi connectivity index (χ0v) is 15.1. The van der Waals surface area contributed by atoms with Gasteiger partial charge in [0.2, 0.25) is 0 Å². The summed E-state index contributed by atoms with van der Waals surface area (Å²) in [7, 11) is 1.57. The molecule has 27 heavy (non-hydrogen) atoms. The Bertz CT molecular complexity index is 1110. The van der Waals surface area contributed by atoms with Crippen molar-refractivity contribution in [2.45, 2.75) is 6.61 Å². The standard InChI is InChI=1S/C19H15ClN4O3/c1-26-9-14-13-4-2-3-5-17(13)27-18(14)19(25)23-15-8-12(20)6-7-16(15)24-11-21-10-22-24/h2-8,10-11H,9H2,1H3,(H,23,25). The van der Waals surface area contributed by atoms with Crippen molar-refractivity contribution < 1.29 is 13.9 Å². The van der Waals surface area contributed by atoms with Gasteiger partial charge in [0, 0.05) is 23.1 Å². The van der Waals surface area contributed by atoms with Crippen molar-refractivity contribution >= 4 is 34.2 Å². The minimum atomic E-state index is -0.401. The van der Waals surface area contributed by atoms with Crippen LogP contribution in [0.2, 0.25) is 5.02 Å². The van der Waals surface area contributed by atoms with Crippen LogP contribution in [-0.4, -0.2) is 27.8 Å². The number of carbonyl (C=O) groups excluding carboxylic acids is 1.